The molecule has 0 aliphatic rings. The molecule has 180 valence electrons. The highest BCUT2D eigenvalue weighted by atomic mass is 16.2. The number of carbonyl (C=O) groups is 3. The van der Waals surface area contributed by atoms with Crippen LogP contribution >= 0.6 is 0 Å². The van der Waals surface area contributed by atoms with Crippen molar-refractivity contribution in [2.45, 2.75) is 60.2 Å². The third-order valence-electron chi connectivity index (χ3n) is 4.73. The number of nitrogens with one attached hydrogen (secondary N) is 2. The third-order valence-corrected chi connectivity index (χ3v) is 4.73. The minimum absolute atomic E-state index is 0.0203. The maximum atomic E-state index is 12.9. The van der Waals surface area contributed by atoms with Gasteiger partial charge in [0, 0.05) is 58.2 Å². The first kappa shape index (κ1) is 26.9. The fourth-order valence-corrected chi connectivity index (χ4v) is 3.04. The van der Waals surface area contributed by atoms with E-state index in [9.17, 15) is 28.8 Å². The van der Waals surface area contributed by atoms with Gasteiger partial charge in [0.2, 0.25) is 18.2 Å². The molecule has 0 spiro atoms. The van der Waals surface area contributed by atoms with E-state index in [1.807, 2.05) is 6.92 Å². The predicted molar refractivity (Wildman–Crippen MR) is 118 cm³/mol. The number of likely N-dealkylation sites (N-methyl/N-ethyl adjacent to an activating group) is 1. The average Bonchev–Trinajstić information content (AvgIpc) is 2.71. The number of nitrogens with zero attached hydrogens (tertiary/aromatic N) is 4. The maximum Gasteiger partial charge on any atom is 0.336 e. The Kier molecular flexibility index (Phi) is 10.1. The fourth-order valence-electron chi connectivity index (χ4n) is 3.04. The van der Waals surface area contributed by atoms with Gasteiger partial charge in [-0.3, -0.25) is 14.4 Å². The molecule has 32 heavy (non-hydrogen) atoms. The molecule has 3 amide bonds. The minimum atomic E-state index is -0.826. The lowest BCUT2D eigenvalue weighted by Gasteiger charge is -2.26. The van der Waals surface area contributed by atoms with E-state index in [-0.39, 0.29) is 51.1 Å². The van der Waals surface area contributed by atoms with E-state index in [2.05, 4.69) is 10.6 Å². The number of hydrogen-bond acceptors (Lipinski definition) is 6. The molecule has 0 fully saturated rings. The van der Waals surface area contributed by atoms with Crippen LogP contribution in [0.15, 0.2) is 14.4 Å². The van der Waals surface area contributed by atoms with Gasteiger partial charge in [-0.2, -0.15) is 0 Å². The lowest BCUT2D eigenvalue weighted by Crippen LogP contribution is -2.56. The molecule has 1 aromatic rings. The minimum Gasteiger partial charge on any atom is -0.357 e. The van der Waals surface area contributed by atoms with Crippen LogP contribution in [0.3, 0.4) is 0 Å². The molecule has 0 radical (unpaired) electrons. The summed E-state index contributed by atoms with van der Waals surface area (Å²) in [6, 6.07) is 0. The maximum absolute atomic E-state index is 12.9. The molecule has 0 aromatic carbocycles. The van der Waals surface area contributed by atoms with Gasteiger partial charge in [-0.25, -0.2) is 28.1 Å². The van der Waals surface area contributed by atoms with Crippen molar-refractivity contribution >= 4 is 18.2 Å². The van der Waals surface area contributed by atoms with Crippen LogP contribution < -0.4 is 27.7 Å². The largest absolute Gasteiger partial charge is 0.357 e. The third kappa shape index (κ3) is 7.20. The first-order valence-corrected chi connectivity index (χ1v) is 10.6. The Bertz CT molecular complexity index is 984. The highest BCUT2D eigenvalue weighted by molar-refractivity contribution is 5.81. The van der Waals surface area contributed by atoms with Crippen molar-refractivity contribution in [3.05, 3.63) is 31.5 Å². The van der Waals surface area contributed by atoms with Crippen molar-refractivity contribution in [1.29, 1.82) is 0 Å². The Morgan fingerprint density at radius 1 is 0.938 bits per heavy atom. The van der Waals surface area contributed by atoms with E-state index in [0.29, 0.717) is 19.3 Å². The van der Waals surface area contributed by atoms with Crippen LogP contribution in [0.4, 0.5) is 0 Å². The zero-order valence-corrected chi connectivity index (χ0v) is 19.5. The predicted octanol–water partition coefficient (Wildman–Crippen LogP) is -1.66. The van der Waals surface area contributed by atoms with Crippen molar-refractivity contribution in [1.82, 2.24) is 29.2 Å². The summed E-state index contributed by atoms with van der Waals surface area (Å²) >= 11 is 0. The molecule has 0 unspecified atom stereocenters. The van der Waals surface area contributed by atoms with Gasteiger partial charge in [-0.05, 0) is 6.42 Å². The Morgan fingerprint density at radius 2 is 1.44 bits per heavy atom. The van der Waals surface area contributed by atoms with Crippen LogP contribution in [0.1, 0.15) is 40.5 Å². The number of aromatic nitrogens is 3. The SMILES string of the molecule is CCCC(=O)NCCn1c(=O)n(CCNC=O)c(=O)n(CCN(C)C(=O)C(C)(C)C)c1=O. The summed E-state index contributed by atoms with van der Waals surface area (Å²) in [4.78, 5) is 74.5. The molecule has 0 saturated carbocycles. The van der Waals surface area contributed by atoms with Crippen molar-refractivity contribution < 1.29 is 14.4 Å². The molecule has 0 saturated heterocycles. The first-order valence-electron chi connectivity index (χ1n) is 10.6. The lowest BCUT2D eigenvalue weighted by atomic mass is 9.95. The van der Waals surface area contributed by atoms with E-state index in [4.69, 9.17) is 0 Å². The van der Waals surface area contributed by atoms with E-state index in [1.54, 1.807) is 27.8 Å². The molecule has 2 N–H and O–H groups in total. The Labute approximate surface area is 186 Å². The summed E-state index contributed by atoms with van der Waals surface area (Å²) in [7, 11) is 1.57. The van der Waals surface area contributed by atoms with E-state index in [1.165, 1.54) is 4.90 Å². The molecule has 0 aliphatic carbocycles. The van der Waals surface area contributed by atoms with E-state index < -0.39 is 22.5 Å². The summed E-state index contributed by atoms with van der Waals surface area (Å²) in [5.41, 5.74) is -3.10. The summed E-state index contributed by atoms with van der Waals surface area (Å²) < 4.78 is 2.63. The van der Waals surface area contributed by atoms with Crippen LogP contribution in [-0.4, -0.2) is 63.5 Å². The second-order valence-corrected chi connectivity index (χ2v) is 8.45. The second-order valence-electron chi connectivity index (χ2n) is 8.45. The summed E-state index contributed by atoms with van der Waals surface area (Å²) in [6.07, 6.45) is 1.42. The van der Waals surface area contributed by atoms with E-state index >= 15 is 0 Å². The van der Waals surface area contributed by atoms with Crippen LogP contribution in [-0.2, 0) is 34.0 Å². The van der Waals surface area contributed by atoms with Crippen molar-refractivity contribution in [2.24, 2.45) is 5.41 Å². The number of rotatable bonds is 12. The van der Waals surface area contributed by atoms with Crippen molar-refractivity contribution in [3.63, 3.8) is 0 Å². The number of carbonyl (C=O) groups excluding carboxylic acids is 3. The lowest BCUT2D eigenvalue weighted by molar-refractivity contribution is -0.138. The average molecular weight is 455 g/mol. The first-order chi connectivity index (χ1) is 14.9. The van der Waals surface area contributed by atoms with Gasteiger partial charge in [0.25, 0.3) is 0 Å². The van der Waals surface area contributed by atoms with Gasteiger partial charge in [0.1, 0.15) is 0 Å². The van der Waals surface area contributed by atoms with Crippen LogP contribution in [0.25, 0.3) is 0 Å². The Balaban J connectivity index is 3.25. The standard InChI is InChI=1S/C20H34N6O6/c1-6-7-15(28)22-9-11-25-17(30)24(10-8-21-14-27)18(31)26(19(25)32)13-12-23(5)16(29)20(2,3)4/h14H,6-13H2,1-5H3,(H,21,27)(H,22,28). The normalized spacial score (nSPS) is 11.2. The molecule has 0 aliphatic heterocycles. The van der Waals surface area contributed by atoms with Gasteiger partial charge < -0.3 is 15.5 Å². The molecular formula is C20H34N6O6. The van der Waals surface area contributed by atoms with Gasteiger partial charge in [-0.1, -0.05) is 27.7 Å². The van der Waals surface area contributed by atoms with Crippen molar-refractivity contribution in [2.75, 3.05) is 26.7 Å². The Morgan fingerprint density at radius 3 is 1.91 bits per heavy atom. The second kappa shape index (κ2) is 12.0. The van der Waals surface area contributed by atoms with Crippen molar-refractivity contribution in [3.8, 4) is 0 Å². The zero-order chi connectivity index (χ0) is 24.5. The number of hydrogen-bond donors (Lipinski definition) is 2. The molecule has 0 atom stereocenters. The Hall–Kier alpha value is -3.18. The van der Waals surface area contributed by atoms with Crippen LogP contribution in [0, 0.1) is 5.41 Å². The molecule has 1 heterocycles. The molecule has 1 rings (SSSR count). The van der Waals surface area contributed by atoms with Gasteiger partial charge in [0.05, 0.1) is 0 Å². The van der Waals surface area contributed by atoms with Crippen LogP contribution in [0.5, 0.6) is 0 Å². The van der Waals surface area contributed by atoms with Gasteiger partial charge in [0.15, 0.2) is 0 Å². The molecule has 0 bridgehead atoms. The topological polar surface area (TPSA) is 145 Å². The zero-order valence-electron chi connectivity index (χ0n) is 19.5. The van der Waals surface area contributed by atoms with Gasteiger partial charge in [-0.15, -0.1) is 0 Å². The molecule has 1 aromatic heterocycles. The summed E-state index contributed by atoms with van der Waals surface area (Å²) in [5.74, 6) is -0.361. The van der Waals surface area contributed by atoms with Gasteiger partial charge >= 0.3 is 17.1 Å². The highest BCUT2D eigenvalue weighted by Gasteiger charge is 2.25. The summed E-state index contributed by atoms with van der Waals surface area (Å²) in [6.45, 7) is 6.93. The molecule has 12 nitrogen and oxygen atoms in total. The fraction of sp³-hybridized carbons (Fsp3) is 0.700. The van der Waals surface area contributed by atoms with E-state index in [0.717, 1.165) is 13.7 Å². The monoisotopic (exact) mass is 454 g/mol. The summed E-state index contributed by atoms with van der Waals surface area (Å²) in [5, 5.41) is 5.00. The number of amides is 3. The quantitative estimate of drug-likeness (QED) is 0.286. The molecular weight excluding hydrogens is 420 g/mol. The van der Waals surface area contributed by atoms with Crippen LogP contribution in [0.2, 0.25) is 0 Å². The highest BCUT2D eigenvalue weighted by Crippen LogP contribution is 2.15. The smallest absolute Gasteiger partial charge is 0.336 e. The molecule has 12 heteroatoms.